The maximum atomic E-state index is 13.3. The number of halogens is 2. The maximum absolute atomic E-state index is 13.3. The third-order valence-electron chi connectivity index (χ3n) is 6.73. The topological polar surface area (TPSA) is 45.6 Å². The summed E-state index contributed by atoms with van der Waals surface area (Å²) in [4.78, 5) is 22.8. The van der Waals surface area contributed by atoms with Gasteiger partial charge in [-0.25, -0.2) is 8.78 Å². The number of hydrogen-bond donors (Lipinski definition) is 0. The molecule has 2 aliphatic rings. The van der Waals surface area contributed by atoms with E-state index in [1.807, 2.05) is 44.0 Å². The van der Waals surface area contributed by atoms with E-state index in [1.54, 1.807) is 0 Å². The third kappa shape index (κ3) is 9.06. The Morgan fingerprint density at radius 1 is 1.24 bits per heavy atom. The zero-order chi connectivity index (χ0) is 30.5. The van der Waals surface area contributed by atoms with Crippen molar-refractivity contribution >= 4 is 17.1 Å². The zero-order valence-electron chi connectivity index (χ0n) is 25.5. The van der Waals surface area contributed by atoms with Crippen LogP contribution < -0.4 is 0 Å². The number of nitrogens with zero attached hydrogens (tertiary/aromatic N) is 3. The van der Waals surface area contributed by atoms with E-state index in [4.69, 9.17) is 4.99 Å². The second-order valence-electron chi connectivity index (χ2n) is 9.75. The summed E-state index contributed by atoms with van der Waals surface area (Å²) in [5.74, 6) is -1.60. The fourth-order valence-electron chi connectivity index (χ4n) is 4.83. The quantitative estimate of drug-likeness (QED) is 0.330. The highest BCUT2D eigenvalue weighted by Crippen LogP contribution is 2.27. The zero-order valence-corrected chi connectivity index (χ0v) is 25.5. The molecule has 4 rings (SSSR count). The van der Waals surface area contributed by atoms with Crippen molar-refractivity contribution in [3.63, 3.8) is 0 Å². The average molecular weight is 562 g/mol. The Bertz CT molecular complexity index is 1400. The minimum absolute atomic E-state index is 0. The lowest BCUT2D eigenvalue weighted by Gasteiger charge is -2.33. The molecule has 220 valence electrons. The van der Waals surface area contributed by atoms with E-state index in [-0.39, 0.29) is 13.1 Å². The number of Topliss-reactive ketones (excluding diaryl/α,β-unsaturated/α-hetero) is 1. The first-order chi connectivity index (χ1) is 19.7. The van der Waals surface area contributed by atoms with Crippen molar-refractivity contribution in [2.45, 2.75) is 74.3 Å². The van der Waals surface area contributed by atoms with Crippen LogP contribution in [0.25, 0.3) is 5.57 Å². The van der Waals surface area contributed by atoms with Crippen LogP contribution >= 0.6 is 0 Å². The van der Waals surface area contributed by atoms with Crippen LogP contribution in [0.4, 0.5) is 8.78 Å². The van der Waals surface area contributed by atoms with Gasteiger partial charge in [-0.05, 0) is 69.7 Å². The molecule has 4 nitrogen and oxygen atoms in total. The molecule has 2 aromatic rings. The predicted molar refractivity (Wildman–Crippen MR) is 168 cm³/mol. The molecule has 3 heterocycles. The lowest BCUT2D eigenvalue weighted by Crippen LogP contribution is -2.33. The van der Waals surface area contributed by atoms with Crippen molar-refractivity contribution in [1.82, 2.24) is 9.88 Å². The SMILES string of the molecule is C/C=C(/C1=NC(CC)=CCC1)c1cccnc1C.C=C=C1C(C(C)=O)=CC(C)CN1Cc1ccc(F)c(F)c1.CC.[HH]. The van der Waals surface area contributed by atoms with Crippen LogP contribution in [0.15, 0.2) is 89.0 Å². The van der Waals surface area contributed by atoms with Gasteiger partial charge in [0.2, 0.25) is 0 Å². The molecule has 0 aliphatic carbocycles. The van der Waals surface area contributed by atoms with Crippen LogP contribution in [0.3, 0.4) is 0 Å². The molecule has 1 unspecified atom stereocenters. The Hall–Kier alpha value is -3.89. The van der Waals surface area contributed by atoms with E-state index in [9.17, 15) is 13.6 Å². The average Bonchev–Trinajstić information content (AvgIpc) is 2.97. The second-order valence-corrected chi connectivity index (χ2v) is 9.75. The fourth-order valence-corrected chi connectivity index (χ4v) is 4.83. The molecular weight excluding hydrogens is 516 g/mol. The van der Waals surface area contributed by atoms with Crippen LogP contribution in [0.5, 0.6) is 0 Å². The minimum Gasteiger partial charge on any atom is -0.360 e. The number of rotatable bonds is 6. The van der Waals surface area contributed by atoms with E-state index >= 15 is 0 Å². The van der Waals surface area contributed by atoms with E-state index in [0.29, 0.717) is 29.9 Å². The largest absolute Gasteiger partial charge is 0.360 e. The molecule has 0 saturated carbocycles. The molecule has 0 fully saturated rings. The summed E-state index contributed by atoms with van der Waals surface area (Å²) in [6.07, 6.45) is 11.3. The third-order valence-corrected chi connectivity index (χ3v) is 6.73. The van der Waals surface area contributed by atoms with Gasteiger partial charge in [-0.1, -0.05) is 64.6 Å². The van der Waals surface area contributed by atoms with E-state index in [2.05, 4.69) is 56.3 Å². The molecule has 0 amide bonds. The number of aliphatic imine (C=N–C) groups is 1. The first kappa shape index (κ1) is 33.3. The Balaban J connectivity index is 0.000000391. The Labute approximate surface area is 246 Å². The van der Waals surface area contributed by atoms with Crippen LogP contribution in [0.1, 0.15) is 79.1 Å². The van der Waals surface area contributed by atoms with Crippen LogP contribution in [-0.4, -0.2) is 27.9 Å². The Morgan fingerprint density at radius 2 is 1.98 bits per heavy atom. The highest BCUT2D eigenvalue weighted by Gasteiger charge is 2.24. The maximum Gasteiger partial charge on any atom is 0.162 e. The molecule has 0 bridgehead atoms. The van der Waals surface area contributed by atoms with Gasteiger partial charge in [0, 0.05) is 54.5 Å². The molecule has 2 aliphatic heterocycles. The Kier molecular flexibility index (Phi) is 13.3. The number of carbonyl (C=O) groups excluding carboxylic acids is 1. The molecule has 1 aromatic heterocycles. The van der Waals surface area contributed by atoms with E-state index < -0.39 is 11.6 Å². The van der Waals surface area contributed by atoms with Gasteiger partial charge in [-0.3, -0.25) is 14.8 Å². The molecular formula is C35H45F2N3O. The number of benzene rings is 1. The van der Waals surface area contributed by atoms with Gasteiger partial charge < -0.3 is 4.90 Å². The number of aryl methyl sites for hydroxylation is 1. The van der Waals surface area contributed by atoms with E-state index in [1.165, 1.54) is 41.6 Å². The van der Waals surface area contributed by atoms with Crippen molar-refractivity contribution in [3.8, 4) is 0 Å². The summed E-state index contributed by atoms with van der Waals surface area (Å²) in [7, 11) is 0. The predicted octanol–water partition coefficient (Wildman–Crippen LogP) is 9.19. The molecule has 0 saturated heterocycles. The first-order valence-corrected chi connectivity index (χ1v) is 14.4. The summed E-state index contributed by atoms with van der Waals surface area (Å²) in [6.45, 7) is 18.5. The second kappa shape index (κ2) is 16.4. The number of carbonyl (C=O) groups is 1. The normalized spacial score (nSPS) is 16.7. The summed E-state index contributed by atoms with van der Waals surface area (Å²) >= 11 is 0. The van der Waals surface area contributed by atoms with Gasteiger partial charge in [0.05, 0.1) is 5.70 Å². The number of hydrogen-bond acceptors (Lipinski definition) is 4. The molecule has 41 heavy (non-hydrogen) atoms. The van der Waals surface area contributed by atoms with Crippen molar-refractivity contribution in [2.24, 2.45) is 10.9 Å². The molecule has 1 atom stereocenters. The van der Waals surface area contributed by atoms with Crippen molar-refractivity contribution in [2.75, 3.05) is 6.54 Å². The van der Waals surface area contributed by atoms with Crippen molar-refractivity contribution in [3.05, 3.63) is 112 Å². The number of pyridine rings is 1. The lowest BCUT2D eigenvalue weighted by atomic mass is 9.95. The number of ketones is 1. The van der Waals surface area contributed by atoms with Crippen LogP contribution in [-0.2, 0) is 11.3 Å². The van der Waals surface area contributed by atoms with Gasteiger partial charge in [0.1, 0.15) is 0 Å². The standard InChI is InChI=1S/C17H17F2NO.C16H20N2.C2H6.H2/c1-4-17-14(12(3)21)7-11(2)9-20(17)10-13-5-6-15(18)16(19)8-13;1-4-13-8-6-10-16(18-13)14(5-2)15-9-7-11-17-12(15)3;1-2;/h5-8,11H,1,9-10H2,2-3H3;5,7-9,11H,4,6,10H2,1-3H3;1-2H3;1H/b;14-5+;;. The molecule has 0 spiro atoms. The summed E-state index contributed by atoms with van der Waals surface area (Å²) < 4.78 is 26.3. The number of aromatic nitrogens is 1. The molecule has 0 N–H and O–H groups in total. The summed E-state index contributed by atoms with van der Waals surface area (Å²) in [6, 6.07) is 7.94. The van der Waals surface area contributed by atoms with Crippen LogP contribution in [0, 0.1) is 24.5 Å². The molecule has 1 aromatic carbocycles. The fraction of sp³-hybridized carbons (Fsp3) is 0.371. The minimum atomic E-state index is -0.871. The van der Waals surface area contributed by atoms with Crippen molar-refractivity contribution in [1.29, 1.82) is 0 Å². The Morgan fingerprint density at radius 3 is 2.56 bits per heavy atom. The lowest BCUT2D eigenvalue weighted by molar-refractivity contribution is -0.113. The summed E-state index contributed by atoms with van der Waals surface area (Å²) in [5.41, 5.74) is 10.5. The van der Waals surface area contributed by atoms with Gasteiger partial charge in [-0.2, -0.15) is 0 Å². The summed E-state index contributed by atoms with van der Waals surface area (Å²) in [5, 5.41) is 0. The highest BCUT2D eigenvalue weighted by molar-refractivity contribution is 6.24. The van der Waals surface area contributed by atoms with Gasteiger partial charge >= 0.3 is 0 Å². The van der Waals surface area contributed by atoms with Gasteiger partial charge in [0.15, 0.2) is 17.4 Å². The molecule has 6 heteroatoms. The van der Waals surface area contributed by atoms with Gasteiger partial charge in [0.25, 0.3) is 0 Å². The van der Waals surface area contributed by atoms with Gasteiger partial charge in [-0.15, -0.1) is 5.73 Å². The smallest absolute Gasteiger partial charge is 0.162 e. The number of allylic oxidation sites excluding steroid dienone is 5. The van der Waals surface area contributed by atoms with E-state index in [0.717, 1.165) is 31.0 Å². The van der Waals surface area contributed by atoms with Crippen LogP contribution in [0.2, 0.25) is 0 Å². The molecule has 0 radical (unpaired) electrons. The monoisotopic (exact) mass is 561 g/mol. The highest BCUT2D eigenvalue weighted by atomic mass is 19.2. The first-order valence-electron chi connectivity index (χ1n) is 14.4. The van der Waals surface area contributed by atoms with Crippen molar-refractivity contribution < 1.29 is 15.0 Å².